The van der Waals surface area contributed by atoms with Gasteiger partial charge in [-0.25, -0.2) is 18.4 Å². The van der Waals surface area contributed by atoms with Gasteiger partial charge in [0.25, 0.3) is 0 Å². The fourth-order valence-corrected chi connectivity index (χ4v) is 5.46. The van der Waals surface area contributed by atoms with Crippen molar-refractivity contribution in [2.24, 2.45) is 0 Å². The van der Waals surface area contributed by atoms with Crippen molar-refractivity contribution in [1.29, 1.82) is 0 Å². The SMILES string of the molecule is C[C@@H](O)c1nccc(N2C[C@@H]3C[C@H]2CN3S(=O)(=O)c2ccc(Cl)cc2)n1. The summed E-state index contributed by atoms with van der Waals surface area (Å²) in [6.45, 7) is 2.62. The van der Waals surface area contributed by atoms with Crippen LogP contribution in [0.5, 0.6) is 0 Å². The summed E-state index contributed by atoms with van der Waals surface area (Å²) in [4.78, 5) is 10.8. The number of aromatic nitrogens is 2. The number of sulfonamides is 1. The molecule has 0 spiro atoms. The Labute approximate surface area is 157 Å². The first-order valence-corrected chi connectivity index (χ1v) is 10.2. The van der Waals surface area contributed by atoms with E-state index in [0.29, 0.717) is 23.9 Å². The maximum absolute atomic E-state index is 12.9. The topological polar surface area (TPSA) is 86.6 Å². The van der Waals surface area contributed by atoms with Gasteiger partial charge < -0.3 is 10.0 Å². The van der Waals surface area contributed by atoms with Crippen LogP contribution in [0.25, 0.3) is 0 Å². The van der Waals surface area contributed by atoms with Crippen molar-refractivity contribution in [1.82, 2.24) is 14.3 Å². The van der Waals surface area contributed by atoms with E-state index in [0.717, 1.165) is 12.2 Å². The summed E-state index contributed by atoms with van der Waals surface area (Å²) >= 11 is 5.86. The molecule has 0 radical (unpaired) electrons. The van der Waals surface area contributed by atoms with Crippen LogP contribution in [-0.2, 0) is 10.0 Å². The second-order valence-corrected chi connectivity index (χ2v) is 9.00. The van der Waals surface area contributed by atoms with Gasteiger partial charge in [-0.15, -0.1) is 0 Å². The third-order valence-electron chi connectivity index (χ3n) is 4.94. The number of halogens is 1. The van der Waals surface area contributed by atoms with Gasteiger partial charge in [-0.2, -0.15) is 4.31 Å². The Morgan fingerprint density at radius 3 is 2.54 bits per heavy atom. The molecular weight excluding hydrogens is 376 g/mol. The molecule has 26 heavy (non-hydrogen) atoms. The van der Waals surface area contributed by atoms with Gasteiger partial charge in [-0.1, -0.05) is 11.6 Å². The first-order valence-electron chi connectivity index (χ1n) is 8.41. The Morgan fingerprint density at radius 2 is 1.92 bits per heavy atom. The Bertz CT molecular complexity index is 920. The van der Waals surface area contributed by atoms with Crippen LogP contribution in [0.1, 0.15) is 25.3 Å². The van der Waals surface area contributed by atoms with Gasteiger partial charge in [-0.05, 0) is 43.7 Å². The molecule has 9 heteroatoms. The molecule has 3 heterocycles. The molecule has 0 aliphatic carbocycles. The third kappa shape index (κ3) is 2.96. The zero-order chi connectivity index (χ0) is 18.5. The minimum absolute atomic E-state index is 0.0684. The third-order valence-corrected chi connectivity index (χ3v) is 7.12. The fourth-order valence-electron chi connectivity index (χ4n) is 3.67. The van der Waals surface area contributed by atoms with Gasteiger partial charge in [0.05, 0.1) is 4.90 Å². The zero-order valence-electron chi connectivity index (χ0n) is 14.2. The maximum atomic E-state index is 12.9. The van der Waals surface area contributed by atoms with E-state index < -0.39 is 16.1 Å². The molecule has 0 amide bonds. The average molecular weight is 395 g/mol. The highest BCUT2D eigenvalue weighted by Crippen LogP contribution is 2.37. The van der Waals surface area contributed by atoms with Crippen LogP contribution < -0.4 is 4.90 Å². The Balaban J connectivity index is 1.55. The number of aliphatic hydroxyl groups excluding tert-OH is 1. The molecule has 0 unspecified atom stereocenters. The molecule has 7 nitrogen and oxygen atoms in total. The van der Waals surface area contributed by atoms with E-state index in [9.17, 15) is 13.5 Å². The second kappa shape index (κ2) is 6.45. The van der Waals surface area contributed by atoms with Crippen molar-refractivity contribution >= 4 is 27.4 Å². The summed E-state index contributed by atoms with van der Waals surface area (Å²) in [7, 11) is -3.54. The lowest BCUT2D eigenvalue weighted by atomic mass is 10.2. The second-order valence-electron chi connectivity index (χ2n) is 6.67. The van der Waals surface area contributed by atoms with Crippen molar-refractivity contribution < 1.29 is 13.5 Å². The molecule has 2 aliphatic heterocycles. The van der Waals surface area contributed by atoms with E-state index in [4.69, 9.17) is 11.6 Å². The Kier molecular flexibility index (Phi) is 4.38. The standard InChI is InChI=1S/C17H19ClN4O3S/c1-11(23)17-19-7-6-16(20-17)21-9-14-8-13(21)10-22(14)26(24,25)15-4-2-12(18)3-5-15/h2-7,11,13-14,23H,8-10H2,1H3/t11-,13+,14+/m1/s1. The van der Waals surface area contributed by atoms with Gasteiger partial charge in [-0.3, -0.25) is 0 Å². The number of rotatable bonds is 4. The molecule has 2 fully saturated rings. The van der Waals surface area contributed by atoms with Crippen LogP contribution in [0.3, 0.4) is 0 Å². The van der Waals surface area contributed by atoms with Gasteiger partial charge in [0.1, 0.15) is 11.9 Å². The smallest absolute Gasteiger partial charge is 0.243 e. The summed E-state index contributed by atoms with van der Waals surface area (Å²) in [5.41, 5.74) is 0. The number of nitrogens with zero attached hydrogens (tertiary/aromatic N) is 4. The number of piperazine rings is 1. The average Bonchev–Trinajstić information content (AvgIpc) is 3.23. The minimum atomic E-state index is -3.54. The molecule has 138 valence electrons. The molecule has 4 rings (SSSR count). The monoisotopic (exact) mass is 394 g/mol. The number of hydrogen-bond donors (Lipinski definition) is 1. The first kappa shape index (κ1) is 17.7. The van der Waals surface area contributed by atoms with Crippen molar-refractivity contribution in [3.63, 3.8) is 0 Å². The summed E-state index contributed by atoms with van der Waals surface area (Å²) in [5.74, 6) is 1.10. The van der Waals surface area contributed by atoms with Gasteiger partial charge in [0.2, 0.25) is 10.0 Å². The molecule has 1 aromatic carbocycles. The normalized spacial score (nSPS) is 24.2. The molecule has 3 atom stereocenters. The van der Waals surface area contributed by atoms with E-state index in [2.05, 4.69) is 14.9 Å². The fraction of sp³-hybridized carbons (Fsp3) is 0.412. The largest absolute Gasteiger partial charge is 0.385 e. The maximum Gasteiger partial charge on any atom is 0.243 e. The van der Waals surface area contributed by atoms with Crippen LogP contribution in [0.4, 0.5) is 5.82 Å². The quantitative estimate of drug-likeness (QED) is 0.851. The Morgan fingerprint density at radius 1 is 1.19 bits per heavy atom. The molecule has 1 N–H and O–H groups in total. The zero-order valence-corrected chi connectivity index (χ0v) is 15.7. The molecule has 0 saturated carbocycles. The van der Waals surface area contributed by atoms with Crippen LogP contribution in [-0.4, -0.2) is 53.0 Å². The number of fused-ring (bicyclic) bond motifs is 2. The number of aliphatic hydroxyl groups is 1. The molecular formula is C17H19ClN4O3S. The predicted molar refractivity (Wildman–Crippen MR) is 97.5 cm³/mol. The van der Waals surface area contributed by atoms with Crippen LogP contribution in [0, 0.1) is 0 Å². The highest BCUT2D eigenvalue weighted by molar-refractivity contribution is 7.89. The number of benzene rings is 1. The van der Waals surface area contributed by atoms with E-state index in [1.54, 1.807) is 47.8 Å². The van der Waals surface area contributed by atoms with Crippen LogP contribution in [0.2, 0.25) is 5.02 Å². The van der Waals surface area contributed by atoms with Gasteiger partial charge in [0.15, 0.2) is 5.82 Å². The van der Waals surface area contributed by atoms with Crippen LogP contribution >= 0.6 is 11.6 Å². The minimum Gasteiger partial charge on any atom is -0.385 e. The Hall–Kier alpha value is -1.74. The lowest BCUT2D eigenvalue weighted by Crippen LogP contribution is -2.49. The van der Waals surface area contributed by atoms with Gasteiger partial charge >= 0.3 is 0 Å². The van der Waals surface area contributed by atoms with Crippen molar-refractivity contribution in [3.8, 4) is 0 Å². The van der Waals surface area contributed by atoms with E-state index in [1.807, 2.05) is 0 Å². The molecule has 2 aliphatic rings. The van der Waals surface area contributed by atoms with E-state index in [-0.39, 0.29) is 17.0 Å². The lowest BCUT2D eigenvalue weighted by Gasteiger charge is -2.34. The molecule has 2 bridgehead atoms. The summed E-state index contributed by atoms with van der Waals surface area (Å²) in [5, 5.41) is 10.2. The lowest BCUT2D eigenvalue weighted by molar-refractivity contribution is 0.189. The first-order chi connectivity index (χ1) is 12.4. The number of anilines is 1. The highest BCUT2D eigenvalue weighted by Gasteiger charge is 2.48. The van der Waals surface area contributed by atoms with Crippen molar-refractivity contribution in [2.45, 2.75) is 36.4 Å². The molecule has 1 aromatic heterocycles. The molecule has 2 saturated heterocycles. The molecule has 2 aromatic rings. The van der Waals surface area contributed by atoms with Gasteiger partial charge in [0, 0.05) is 36.4 Å². The summed E-state index contributed by atoms with van der Waals surface area (Å²) < 4.78 is 27.4. The van der Waals surface area contributed by atoms with Crippen molar-refractivity contribution in [3.05, 3.63) is 47.4 Å². The van der Waals surface area contributed by atoms with Crippen molar-refractivity contribution in [2.75, 3.05) is 18.0 Å². The van der Waals surface area contributed by atoms with E-state index in [1.165, 1.54) is 0 Å². The van der Waals surface area contributed by atoms with E-state index >= 15 is 0 Å². The number of hydrogen-bond acceptors (Lipinski definition) is 6. The summed E-state index contributed by atoms with van der Waals surface area (Å²) in [6.07, 6.45) is 1.65. The predicted octanol–water partition coefficient (Wildman–Crippen LogP) is 1.84. The van der Waals surface area contributed by atoms with Crippen LogP contribution in [0.15, 0.2) is 41.4 Å². The highest BCUT2D eigenvalue weighted by atomic mass is 35.5. The summed E-state index contributed by atoms with van der Waals surface area (Å²) in [6, 6.07) is 8.04.